The second-order valence-electron chi connectivity index (χ2n) is 9.72. The number of para-hydroxylation sites is 1. The number of hydrogen-bond acceptors (Lipinski definition) is 1. The molecule has 0 saturated heterocycles. The Morgan fingerprint density at radius 3 is 1.77 bits per heavy atom. The molecule has 0 N–H and O–H groups in total. The van der Waals surface area contributed by atoms with Crippen LogP contribution < -0.4 is 21.3 Å². The van der Waals surface area contributed by atoms with E-state index < -0.39 is 0 Å². The van der Waals surface area contributed by atoms with Crippen LogP contribution in [0.25, 0.3) is 32.7 Å². The van der Waals surface area contributed by atoms with Gasteiger partial charge in [0.05, 0.1) is 5.69 Å². The molecule has 0 aliphatic carbocycles. The number of benzene rings is 6. The third-order valence-corrected chi connectivity index (χ3v) is 8.06. The maximum Gasteiger partial charge on any atom is 0.248 e. The summed E-state index contributed by atoms with van der Waals surface area (Å²) in [4.78, 5) is 2.54. The molecular weight excluding hydrogens is 421 g/mol. The predicted octanol–water partition coefficient (Wildman–Crippen LogP) is 6.58. The fraction of sp³-hybridized carbons (Fsp3) is 0.0303. The summed E-state index contributed by atoms with van der Waals surface area (Å²) in [5, 5.41) is 5.23. The summed E-state index contributed by atoms with van der Waals surface area (Å²) < 4.78 is 0. The first-order valence-corrected chi connectivity index (χ1v) is 12.3. The van der Waals surface area contributed by atoms with Crippen molar-refractivity contribution in [3.63, 3.8) is 0 Å². The van der Waals surface area contributed by atoms with Gasteiger partial charge in [0, 0.05) is 22.1 Å². The van der Waals surface area contributed by atoms with Gasteiger partial charge < -0.3 is 4.90 Å². The molecule has 0 atom stereocenters. The van der Waals surface area contributed by atoms with Crippen molar-refractivity contribution in [2.75, 3.05) is 4.90 Å². The maximum absolute atomic E-state index is 2.54. The zero-order valence-electron chi connectivity index (χ0n) is 19.5. The largest absolute Gasteiger partial charge is 0.310 e. The third-order valence-electron chi connectivity index (χ3n) is 8.06. The van der Waals surface area contributed by atoms with E-state index in [0.717, 1.165) is 0 Å². The number of nitrogens with zero attached hydrogens (tertiary/aromatic N) is 1. The Balaban J connectivity index is 1.56. The summed E-state index contributed by atoms with van der Waals surface area (Å²) in [6.07, 6.45) is 0. The molecule has 162 valence electrons. The van der Waals surface area contributed by atoms with Crippen molar-refractivity contribution in [2.24, 2.45) is 0 Å². The van der Waals surface area contributed by atoms with Gasteiger partial charge in [-0.2, -0.15) is 0 Å². The van der Waals surface area contributed by atoms with E-state index in [4.69, 9.17) is 0 Å². The Bertz CT molecular complexity index is 1780. The number of anilines is 3. The summed E-state index contributed by atoms with van der Waals surface area (Å²) in [5.41, 5.74) is 12.1. The highest BCUT2D eigenvalue weighted by atomic mass is 15.2. The molecule has 0 saturated carbocycles. The zero-order chi connectivity index (χ0) is 23.1. The van der Waals surface area contributed by atoms with Crippen molar-refractivity contribution in [1.29, 1.82) is 0 Å². The van der Waals surface area contributed by atoms with Crippen LogP contribution >= 0.6 is 0 Å². The molecule has 2 aliphatic rings. The smallest absolute Gasteiger partial charge is 0.248 e. The van der Waals surface area contributed by atoms with E-state index in [0.29, 0.717) is 0 Å². The van der Waals surface area contributed by atoms with Gasteiger partial charge in [0.15, 0.2) is 0 Å². The lowest BCUT2D eigenvalue weighted by atomic mass is 9.37. The number of aryl methyl sites for hydroxylation is 1. The number of hydrogen-bond donors (Lipinski definition) is 0. The molecule has 2 heterocycles. The van der Waals surface area contributed by atoms with Gasteiger partial charge in [-0.15, -0.1) is 0 Å². The van der Waals surface area contributed by atoms with Crippen molar-refractivity contribution in [3.05, 3.63) is 121 Å². The fourth-order valence-electron chi connectivity index (χ4n) is 6.63. The molecule has 0 unspecified atom stereocenters. The minimum absolute atomic E-state index is 0.271. The number of rotatable bonds is 1. The van der Waals surface area contributed by atoms with Gasteiger partial charge in [0.1, 0.15) is 0 Å². The molecule has 35 heavy (non-hydrogen) atoms. The molecule has 8 rings (SSSR count). The molecule has 0 radical (unpaired) electrons. The lowest BCUT2D eigenvalue weighted by Crippen LogP contribution is -2.54. The highest BCUT2D eigenvalue weighted by Gasteiger charge is 2.42. The molecule has 6 aromatic carbocycles. The van der Waals surface area contributed by atoms with Gasteiger partial charge in [0.25, 0.3) is 0 Å². The normalized spacial score (nSPS) is 13.2. The Hall–Kier alpha value is -4.30. The molecule has 0 spiro atoms. The van der Waals surface area contributed by atoms with Crippen LogP contribution in [0.3, 0.4) is 0 Å². The van der Waals surface area contributed by atoms with Gasteiger partial charge in [-0.25, -0.2) is 0 Å². The summed E-state index contributed by atoms with van der Waals surface area (Å²) in [5.74, 6) is 0. The number of fused-ring (bicyclic) bond motifs is 7. The molecule has 2 heteroatoms. The fourth-order valence-corrected chi connectivity index (χ4v) is 6.63. The summed E-state index contributed by atoms with van der Waals surface area (Å²) in [6.45, 7) is 2.53. The highest BCUT2D eigenvalue weighted by Crippen LogP contribution is 2.47. The molecule has 1 nitrogen and oxygen atoms in total. The van der Waals surface area contributed by atoms with Gasteiger partial charge >= 0.3 is 0 Å². The van der Waals surface area contributed by atoms with E-state index in [-0.39, 0.29) is 6.71 Å². The van der Waals surface area contributed by atoms with Gasteiger partial charge in [-0.1, -0.05) is 109 Å². The second kappa shape index (κ2) is 6.87. The first-order chi connectivity index (χ1) is 17.3. The zero-order valence-corrected chi connectivity index (χ0v) is 19.5. The summed E-state index contributed by atoms with van der Waals surface area (Å²) >= 11 is 0. The molecular formula is C33H22BN. The highest BCUT2D eigenvalue weighted by molar-refractivity contribution is 7.01. The van der Waals surface area contributed by atoms with Crippen LogP contribution in [0, 0.1) is 6.92 Å². The average Bonchev–Trinajstić information content (AvgIpc) is 3.26. The van der Waals surface area contributed by atoms with Crippen LogP contribution in [0.4, 0.5) is 17.1 Å². The van der Waals surface area contributed by atoms with Crippen LogP contribution in [0.1, 0.15) is 5.56 Å². The molecule has 0 aromatic heterocycles. The van der Waals surface area contributed by atoms with E-state index >= 15 is 0 Å². The van der Waals surface area contributed by atoms with Crippen molar-refractivity contribution < 1.29 is 0 Å². The van der Waals surface area contributed by atoms with Crippen molar-refractivity contribution in [3.8, 4) is 11.1 Å². The Morgan fingerprint density at radius 2 is 1.03 bits per heavy atom. The first kappa shape index (κ1) is 19.1. The topological polar surface area (TPSA) is 3.24 Å². The Labute approximate surface area is 205 Å². The van der Waals surface area contributed by atoms with Crippen LogP contribution in [0.15, 0.2) is 115 Å². The summed E-state index contributed by atoms with van der Waals surface area (Å²) in [7, 11) is 0. The Morgan fingerprint density at radius 1 is 0.486 bits per heavy atom. The average molecular weight is 443 g/mol. The van der Waals surface area contributed by atoms with Crippen molar-refractivity contribution in [1.82, 2.24) is 0 Å². The first-order valence-electron chi connectivity index (χ1n) is 12.3. The molecule has 2 aliphatic heterocycles. The van der Waals surface area contributed by atoms with Crippen LogP contribution in [0.2, 0.25) is 0 Å². The lowest BCUT2D eigenvalue weighted by molar-refractivity contribution is 1.32. The maximum atomic E-state index is 2.54. The van der Waals surface area contributed by atoms with Crippen LogP contribution in [-0.4, -0.2) is 6.71 Å². The molecule has 0 bridgehead atoms. The van der Waals surface area contributed by atoms with E-state index in [9.17, 15) is 0 Å². The van der Waals surface area contributed by atoms with Crippen molar-refractivity contribution in [2.45, 2.75) is 6.92 Å². The third kappa shape index (κ3) is 2.39. The van der Waals surface area contributed by atoms with E-state index in [2.05, 4.69) is 127 Å². The predicted molar refractivity (Wildman–Crippen MR) is 151 cm³/mol. The van der Waals surface area contributed by atoms with E-state index in [1.165, 1.54) is 71.7 Å². The van der Waals surface area contributed by atoms with Gasteiger partial charge in [-0.05, 0) is 57.4 Å². The molecule has 0 amide bonds. The van der Waals surface area contributed by atoms with Gasteiger partial charge in [-0.3, -0.25) is 0 Å². The minimum Gasteiger partial charge on any atom is -0.310 e. The van der Waals surface area contributed by atoms with Crippen LogP contribution in [-0.2, 0) is 0 Å². The minimum atomic E-state index is 0.271. The SMILES string of the molecule is Cc1c2ccccc2c(N2c3ccccc3B3c4ccccc4-c4cccc2c43)c2ccccc12. The summed E-state index contributed by atoms with van der Waals surface area (Å²) in [6, 6.07) is 42.6. The monoisotopic (exact) mass is 443 g/mol. The van der Waals surface area contributed by atoms with Crippen molar-refractivity contribution >= 4 is 61.7 Å². The second-order valence-corrected chi connectivity index (χ2v) is 9.72. The standard InChI is InChI=1S/C33H22BN/c1-21-22-11-2-4-14-26(22)33(27-15-5-3-12-23(21)27)35-30-19-9-8-18-29(30)34-28-17-7-6-13-24(28)25-16-10-20-31(35)32(25)34/h2-20H,1H3. The van der Waals surface area contributed by atoms with E-state index in [1.54, 1.807) is 0 Å². The van der Waals surface area contributed by atoms with Gasteiger partial charge in [0.2, 0.25) is 6.71 Å². The Kier molecular flexibility index (Phi) is 3.74. The van der Waals surface area contributed by atoms with Crippen LogP contribution in [0.5, 0.6) is 0 Å². The lowest BCUT2D eigenvalue weighted by Gasteiger charge is -2.37. The van der Waals surface area contributed by atoms with E-state index in [1.807, 2.05) is 0 Å². The molecule has 0 fully saturated rings. The molecule has 6 aromatic rings. The quantitative estimate of drug-likeness (QED) is 0.205.